The minimum Gasteiger partial charge on any atom is -0.462 e. The first-order valence-corrected chi connectivity index (χ1v) is 13.2. The van der Waals surface area contributed by atoms with Crippen LogP contribution < -0.4 is 10.2 Å². The number of rotatable bonds is 7. The normalized spacial score (nSPS) is 16.1. The van der Waals surface area contributed by atoms with Gasteiger partial charge in [0, 0.05) is 21.4 Å². The Labute approximate surface area is 234 Å². The van der Waals surface area contributed by atoms with E-state index in [4.69, 9.17) is 27.9 Å². The number of esters is 1. The highest BCUT2D eigenvalue weighted by atomic mass is 35.5. The number of nitrogens with one attached hydrogen (secondary N) is 1. The standard InChI is InChI=1S/C28H21Cl2N3O4S/c1-2-37-28(36)17-9-12-20(13-10-17)32-25(34)22(16-31)27-33(21-6-4-3-5-7-21)26(35)24(38-27)14-18-8-11-19(29)15-23(18)30/h3-13,15,24H,2,14H2,1H3,(H,32,34)/b27-22-/t24-/m0/s1. The molecule has 0 unspecified atom stereocenters. The van der Waals surface area contributed by atoms with E-state index < -0.39 is 17.1 Å². The van der Waals surface area contributed by atoms with Crippen LogP contribution in [0, 0.1) is 11.3 Å². The molecule has 192 valence electrons. The fraction of sp³-hybridized carbons (Fsp3) is 0.143. The molecule has 1 fully saturated rings. The molecule has 10 heteroatoms. The van der Waals surface area contributed by atoms with Gasteiger partial charge < -0.3 is 10.1 Å². The molecule has 2 amide bonds. The van der Waals surface area contributed by atoms with Crippen molar-refractivity contribution in [2.75, 3.05) is 16.8 Å². The van der Waals surface area contributed by atoms with Gasteiger partial charge in [-0.05, 0) is 67.4 Å². The Balaban J connectivity index is 1.65. The third kappa shape index (κ3) is 6.03. The van der Waals surface area contributed by atoms with E-state index in [2.05, 4.69) is 5.32 Å². The van der Waals surface area contributed by atoms with Crippen LogP contribution in [0.2, 0.25) is 10.0 Å². The van der Waals surface area contributed by atoms with E-state index in [9.17, 15) is 19.6 Å². The van der Waals surface area contributed by atoms with Crippen molar-refractivity contribution in [2.45, 2.75) is 18.6 Å². The van der Waals surface area contributed by atoms with Crippen LogP contribution in [-0.4, -0.2) is 29.6 Å². The molecule has 1 heterocycles. The number of nitriles is 1. The van der Waals surface area contributed by atoms with Crippen molar-refractivity contribution < 1.29 is 19.1 Å². The number of nitrogens with zero attached hydrogens (tertiary/aromatic N) is 2. The highest BCUT2D eigenvalue weighted by molar-refractivity contribution is 8.05. The third-order valence-corrected chi connectivity index (χ3v) is 7.44. The Bertz CT molecular complexity index is 1450. The van der Waals surface area contributed by atoms with Crippen LogP contribution in [0.25, 0.3) is 0 Å². The fourth-order valence-electron chi connectivity index (χ4n) is 3.78. The SMILES string of the molecule is CCOC(=O)c1ccc(NC(=O)/C(C#N)=C2\S[C@@H](Cc3ccc(Cl)cc3Cl)C(=O)N2c2ccccc2)cc1. The number of ether oxygens (including phenoxy) is 1. The second-order valence-corrected chi connectivity index (χ2v) is 10.1. The summed E-state index contributed by atoms with van der Waals surface area (Å²) in [6.07, 6.45) is 0.280. The molecule has 0 bridgehead atoms. The van der Waals surface area contributed by atoms with Gasteiger partial charge in [-0.15, -0.1) is 0 Å². The lowest BCUT2D eigenvalue weighted by Gasteiger charge is -2.18. The van der Waals surface area contributed by atoms with Crippen LogP contribution in [0.5, 0.6) is 0 Å². The van der Waals surface area contributed by atoms with Crippen LogP contribution in [-0.2, 0) is 20.7 Å². The number of carbonyl (C=O) groups is 3. The van der Waals surface area contributed by atoms with Crippen molar-refractivity contribution in [3.63, 3.8) is 0 Å². The van der Waals surface area contributed by atoms with Crippen LogP contribution in [0.15, 0.2) is 83.4 Å². The van der Waals surface area contributed by atoms with E-state index in [0.717, 1.165) is 17.3 Å². The summed E-state index contributed by atoms with van der Waals surface area (Å²) >= 11 is 13.5. The Morgan fingerprint density at radius 1 is 1.08 bits per heavy atom. The Hall–Kier alpha value is -3.77. The average molecular weight is 566 g/mol. The predicted molar refractivity (Wildman–Crippen MR) is 149 cm³/mol. The molecule has 0 aliphatic carbocycles. The zero-order chi connectivity index (χ0) is 27.2. The number of amides is 2. The lowest BCUT2D eigenvalue weighted by molar-refractivity contribution is -0.117. The summed E-state index contributed by atoms with van der Waals surface area (Å²) in [5.41, 5.74) is 1.75. The maximum Gasteiger partial charge on any atom is 0.338 e. The smallest absolute Gasteiger partial charge is 0.338 e. The molecule has 1 aliphatic rings. The summed E-state index contributed by atoms with van der Waals surface area (Å²) in [6.45, 7) is 1.96. The minimum atomic E-state index is -0.683. The van der Waals surface area contributed by atoms with Gasteiger partial charge in [0.1, 0.15) is 16.7 Å². The number of thioether (sulfide) groups is 1. The van der Waals surface area contributed by atoms with Gasteiger partial charge in [0.15, 0.2) is 0 Å². The van der Waals surface area contributed by atoms with Crippen molar-refractivity contribution in [1.29, 1.82) is 5.26 Å². The molecular weight excluding hydrogens is 545 g/mol. The summed E-state index contributed by atoms with van der Waals surface area (Å²) in [5, 5.41) is 13.2. The molecule has 1 saturated heterocycles. The molecule has 0 radical (unpaired) electrons. The lowest BCUT2D eigenvalue weighted by atomic mass is 10.1. The fourth-order valence-corrected chi connectivity index (χ4v) is 5.56. The first-order valence-electron chi connectivity index (χ1n) is 11.5. The number of halogens is 2. The second kappa shape index (κ2) is 12.2. The molecule has 1 atom stereocenters. The molecule has 4 rings (SSSR count). The average Bonchev–Trinajstić information content (AvgIpc) is 3.22. The predicted octanol–water partition coefficient (Wildman–Crippen LogP) is 6.24. The third-order valence-electron chi connectivity index (χ3n) is 5.59. The van der Waals surface area contributed by atoms with E-state index >= 15 is 0 Å². The molecule has 0 saturated carbocycles. The lowest BCUT2D eigenvalue weighted by Crippen LogP contribution is -2.30. The summed E-state index contributed by atoms with van der Waals surface area (Å²) in [7, 11) is 0. The van der Waals surface area contributed by atoms with Crippen molar-refractivity contribution in [2.24, 2.45) is 0 Å². The van der Waals surface area contributed by atoms with Crippen molar-refractivity contribution in [3.05, 3.63) is 105 Å². The summed E-state index contributed by atoms with van der Waals surface area (Å²) in [4.78, 5) is 40.1. The van der Waals surface area contributed by atoms with Crippen LogP contribution in [0.3, 0.4) is 0 Å². The van der Waals surface area contributed by atoms with Gasteiger partial charge >= 0.3 is 5.97 Å². The maximum absolute atomic E-state index is 13.6. The highest BCUT2D eigenvalue weighted by Crippen LogP contribution is 2.42. The first kappa shape index (κ1) is 27.3. The summed E-state index contributed by atoms with van der Waals surface area (Å²) < 4.78 is 4.97. The maximum atomic E-state index is 13.6. The molecule has 38 heavy (non-hydrogen) atoms. The van der Waals surface area contributed by atoms with Crippen LogP contribution in [0.4, 0.5) is 11.4 Å². The van der Waals surface area contributed by atoms with E-state index in [1.165, 1.54) is 29.2 Å². The number of anilines is 2. The Kier molecular flexibility index (Phi) is 8.74. The molecule has 3 aromatic rings. The number of hydrogen-bond acceptors (Lipinski definition) is 6. The summed E-state index contributed by atoms with van der Waals surface area (Å²) in [6, 6.07) is 22.0. The molecule has 1 aliphatic heterocycles. The second-order valence-electron chi connectivity index (χ2n) is 8.10. The number of benzene rings is 3. The van der Waals surface area contributed by atoms with Gasteiger partial charge in [-0.3, -0.25) is 14.5 Å². The quantitative estimate of drug-likeness (QED) is 0.207. The largest absolute Gasteiger partial charge is 0.462 e. The van der Waals surface area contributed by atoms with E-state index in [1.807, 2.05) is 12.1 Å². The van der Waals surface area contributed by atoms with Gasteiger partial charge in [0.2, 0.25) is 5.91 Å². The first-order chi connectivity index (χ1) is 18.3. The van der Waals surface area contributed by atoms with E-state index in [0.29, 0.717) is 27.0 Å². The zero-order valence-electron chi connectivity index (χ0n) is 20.1. The van der Waals surface area contributed by atoms with Gasteiger partial charge in [0.05, 0.1) is 17.4 Å². The molecular formula is C28H21Cl2N3O4S. The number of hydrogen-bond donors (Lipinski definition) is 1. The van der Waals surface area contributed by atoms with E-state index in [-0.39, 0.29) is 29.5 Å². The molecule has 3 aromatic carbocycles. The van der Waals surface area contributed by atoms with Gasteiger partial charge in [-0.2, -0.15) is 5.26 Å². The number of para-hydroxylation sites is 1. The number of carbonyl (C=O) groups excluding carboxylic acids is 3. The van der Waals surface area contributed by atoms with Gasteiger partial charge in [-0.1, -0.05) is 59.2 Å². The van der Waals surface area contributed by atoms with Crippen LogP contribution >= 0.6 is 35.0 Å². The van der Waals surface area contributed by atoms with Crippen LogP contribution in [0.1, 0.15) is 22.8 Å². The Morgan fingerprint density at radius 3 is 2.42 bits per heavy atom. The Morgan fingerprint density at radius 2 is 1.79 bits per heavy atom. The van der Waals surface area contributed by atoms with Crippen molar-refractivity contribution in [1.82, 2.24) is 0 Å². The van der Waals surface area contributed by atoms with Gasteiger partial charge in [0.25, 0.3) is 5.91 Å². The molecule has 0 aromatic heterocycles. The molecule has 0 spiro atoms. The highest BCUT2D eigenvalue weighted by Gasteiger charge is 2.41. The zero-order valence-corrected chi connectivity index (χ0v) is 22.4. The summed E-state index contributed by atoms with van der Waals surface area (Å²) in [5.74, 6) is -1.43. The van der Waals surface area contributed by atoms with Gasteiger partial charge in [-0.25, -0.2) is 4.79 Å². The minimum absolute atomic E-state index is 0.216. The molecule has 7 nitrogen and oxygen atoms in total. The molecule has 1 N–H and O–H groups in total. The van der Waals surface area contributed by atoms with Crippen molar-refractivity contribution >= 4 is 64.1 Å². The van der Waals surface area contributed by atoms with E-state index in [1.54, 1.807) is 49.4 Å². The van der Waals surface area contributed by atoms with Crippen molar-refractivity contribution in [3.8, 4) is 6.07 Å². The monoisotopic (exact) mass is 565 g/mol. The topological polar surface area (TPSA) is 99.5 Å².